The second kappa shape index (κ2) is 25.3. The minimum Gasteiger partial charge on any atom is -0.379 e. The van der Waals surface area contributed by atoms with E-state index in [9.17, 15) is 14.4 Å². The highest BCUT2D eigenvalue weighted by Crippen LogP contribution is 2.35. The third-order valence-corrected chi connectivity index (χ3v) is 7.02. The van der Waals surface area contributed by atoms with E-state index < -0.39 is 0 Å². The highest BCUT2D eigenvalue weighted by molar-refractivity contribution is 6.03. The summed E-state index contributed by atoms with van der Waals surface area (Å²) in [5, 5.41) is 2.91. The van der Waals surface area contributed by atoms with Gasteiger partial charge < -0.3 is 43.2 Å². The Balaban J connectivity index is 1.73. The van der Waals surface area contributed by atoms with Crippen molar-refractivity contribution in [2.45, 2.75) is 60.8 Å². The molecule has 3 amide bonds. The second-order valence-electron chi connectivity index (χ2n) is 13.3. The van der Waals surface area contributed by atoms with E-state index in [0.717, 1.165) is 6.42 Å². The molecule has 0 aliphatic carbocycles. The van der Waals surface area contributed by atoms with Crippen molar-refractivity contribution in [1.82, 2.24) is 10.2 Å². The summed E-state index contributed by atoms with van der Waals surface area (Å²) in [6, 6.07) is 0. The largest absolute Gasteiger partial charge is 0.379 e. The van der Waals surface area contributed by atoms with Gasteiger partial charge in [-0.2, -0.15) is 0 Å². The molecule has 13 nitrogen and oxygen atoms in total. The second-order valence-corrected chi connectivity index (χ2v) is 13.3. The lowest BCUT2D eigenvalue weighted by Gasteiger charge is -2.24. The fourth-order valence-electron chi connectivity index (χ4n) is 4.22. The predicted molar refractivity (Wildman–Crippen MR) is 173 cm³/mol. The molecule has 1 rings (SSSR count). The number of likely N-dealkylation sites (tertiary alicyclic amines) is 1. The number of ether oxygens (including phenoxy) is 8. The van der Waals surface area contributed by atoms with Crippen molar-refractivity contribution in [1.29, 1.82) is 0 Å². The summed E-state index contributed by atoms with van der Waals surface area (Å²) in [4.78, 5) is 37.6. The van der Waals surface area contributed by atoms with E-state index in [1.165, 1.54) is 4.90 Å². The molecule has 13 heteroatoms. The molecule has 1 atom stereocenters. The maximum Gasteiger partial charge on any atom is 0.233 e. The molecule has 0 aromatic carbocycles. The number of nitrogens with one attached hydrogen (secondary N) is 1. The third kappa shape index (κ3) is 22.8. The fraction of sp³-hybridized carbons (Fsp3) is 0.909. The zero-order valence-corrected chi connectivity index (χ0v) is 29.4. The van der Waals surface area contributed by atoms with Gasteiger partial charge in [0, 0.05) is 19.4 Å². The van der Waals surface area contributed by atoms with Crippen LogP contribution in [0.1, 0.15) is 60.8 Å². The summed E-state index contributed by atoms with van der Waals surface area (Å²) in [6.07, 6.45) is 1.58. The number of hydrogen-bond donors (Lipinski definition) is 1. The normalized spacial score (nSPS) is 15.7. The summed E-state index contributed by atoms with van der Waals surface area (Å²) >= 11 is 0. The van der Waals surface area contributed by atoms with Crippen LogP contribution in [0.3, 0.4) is 0 Å². The highest BCUT2D eigenvalue weighted by Gasteiger charge is 2.44. The maximum absolute atomic E-state index is 12.4. The van der Waals surface area contributed by atoms with Gasteiger partial charge in [0.25, 0.3) is 0 Å². The van der Waals surface area contributed by atoms with Gasteiger partial charge in [0.05, 0.1) is 118 Å². The average Bonchev–Trinajstić information content (AvgIpc) is 3.27. The molecule has 1 saturated heterocycles. The Bertz CT molecular complexity index is 814. The monoisotopic (exact) mass is 662 g/mol. The molecule has 0 radical (unpaired) electrons. The van der Waals surface area contributed by atoms with Gasteiger partial charge in [-0.25, -0.2) is 0 Å². The Morgan fingerprint density at radius 1 is 0.630 bits per heavy atom. The van der Waals surface area contributed by atoms with Crippen molar-refractivity contribution in [3.8, 4) is 0 Å². The minimum atomic E-state index is -0.259. The van der Waals surface area contributed by atoms with Crippen molar-refractivity contribution in [2.75, 3.05) is 119 Å². The first-order valence-corrected chi connectivity index (χ1v) is 16.6. The number of amides is 3. The van der Waals surface area contributed by atoms with E-state index in [0.29, 0.717) is 119 Å². The van der Waals surface area contributed by atoms with Gasteiger partial charge >= 0.3 is 0 Å². The molecule has 1 unspecified atom stereocenters. The van der Waals surface area contributed by atoms with E-state index in [1.54, 1.807) is 0 Å². The van der Waals surface area contributed by atoms with Gasteiger partial charge in [-0.1, -0.05) is 41.5 Å². The van der Waals surface area contributed by atoms with Crippen LogP contribution in [0.25, 0.3) is 0 Å². The average molecular weight is 663 g/mol. The standard InChI is InChI=1S/C33H62N2O11/c1-32(2,3)8-9-34-29(36)7-11-39-13-15-41-17-19-43-21-23-45-25-26-46-24-22-44-20-18-42-16-14-40-12-10-35-30(37)27-28(31(35)38)33(4,5)6/h28H,7-27H2,1-6H3,(H,34,36). The van der Waals surface area contributed by atoms with Crippen LogP contribution in [-0.2, 0) is 52.3 Å². The van der Waals surface area contributed by atoms with E-state index in [4.69, 9.17) is 37.9 Å². The van der Waals surface area contributed by atoms with E-state index >= 15 is 0 Å². The third-order valence-electron chi connectivity index (χ3n) is 7.02. The van der Waals surface area contributed by atoms with Crippen molar-refractivity contribution >= 4 is 17.7 Å². The van der Waals surface area contributed by atoms with Gasteiger partial charge in [0.1, 0.15) is 0 Å². The first-order valence-electron chi connectivity index (χ1n) is 16.6. The molecule has 46 heavy (non-hydrogen) atoms. The molecule has 270 valence electrons. The molecule has 1 fully saturated rings. The van der Waals surface area contributed by atoms with Crippen LogP contribution >= 0.6 is 0 Å². The minimum absolute atomic E-state index is 0.0137. The molecular weight excluding hydrogens is 600 g/mol. The first kappa shape index (κ1) is 42.3. The van der Waals surface area contributed by atoms with Crippen LogP contribution in [0.2, 0.25) is 0 Å². The smallest absolute Gasteiger partial charge is 0.233 e. The highest BCUT2D eigenvalue weighted by atomic mass is 16.6. The van der Waals surface area contributed by atoms with Crippen molar-refractivity contribution < 1.29 is 52.3 Å². The van der Waals surface area contributed by atoms with Crippen LogP contribution in [0, 0.1) is 16.7 Å². The topological polar surface area (TPSA) is 140 Å². The summed E-state index contributed by atoms with van der Waals surface area (Å²) in [5.41, 5.74) is -0.00935. The van der Waals surface area contributed by atoms with E-state index in [-0.39, 0.29) is 47.4 Å². The number of carbonyl (C=O) groups is 3. The lowest BCUT2D eigenvalue weighted by Crippen LogP contribution is -2.36. The number of rotatable bonds is 29. The van der Waals surface area contributed by atoms with Gasteiger partial charge in [-0.15, -0.1) is 0 Å². The molecule has 1 aliphatic heterocycles. The Hall–Kier alpha value is -1.71. The summed E-state index contributed by atoms with van der Waals surface area (Å²) in [6.45, 7) is 20.5. The molecule has 0 aromatic heterocycles. The van der Waals surface area contributed by atoms with Crippen LogP contribution in [-0.4, -0.2) is 141 Å². The number of imide groups is 1. The van der Waals surface area contributed by atoms with E-state index in [1.807, 2.05) is 20.8 Å². The number of nitrogens with zero attached hydrogens (tertiary/aromatic N) is 1. The van der Waals surface area contributed by atoms with Gasteiger partial charge in [-0.05, 0) is 17.3 Å². The molecule has 0 bridgehead atoms. The molecule has 0 aromatic rings. The quantitative estimate of drug-likeness (QED) is 0.0933. The maximum atomic E-state index is 12.4. The molecular formula is C33H62N2O11. The number of hydrogen-bond acceptors (Lipinski definition) is 11. The van der Waals surface area contributed by atoms with E-state index in [2.05, 4.69) is 26.1 Å². The van der Waals surface area contributed by atoms with Gasteiger partial charge in [-0.3, -0.25) is 19.3 Å². The van der Waals surface area contributed by atoms with Gasteiger partial charge in [0.2, 0.25) is 17.7 Å². The molecule has 1 heterocycles. The lowest BCUT2D eigenvalue weighted by atomic mass is 9.80. The summed E-state index contributed by atoms with van der Waals surface area (Å²) in [5.74, 6) is -0.469. The summed E-state index contributed by atoms with van der Waals surface area (Å²) in [7, 11) is 0. The van der Waals surface area contributed by atoms with Crippen LogP contribution < -0.4 is 5.32 Å². The van der Waals surface area contributed by atoms with Crippen molar-refractivity contribution in [3.05, 3.63) is 0 Å². The fourth-order valence-corrected chi connectivity index (χ4v) is 4.22. The molecule has 0 spiro atoms. The van der Waals surface area contributed by atoms with Crippen molar-refractivity contribution in [2.24, 2.45) is 16.7 Å². The molecule has 0 saturated carbocycles. The lowest BCUT2D eigenvalue weighted by molar-refractivity contribution is -0.141. The molecule has 1 aliphatic rings. The molecule has 1 N–H and O–H groups in total. The predicted octanol–water partition coefficient (Wildman–Crippen LogP) is 2.48. The zero-order valence-electron chi connectivity index (χ0n) is 29.4. The van der Waals surface area contributed by atoms with Gasteiger partial charge in [0.15, 0.2) is 0 Å². The summed E-state index contributed by atoms with van der Waals surface area (Å²) < 4.78 is 43.7. The van der Waals surface area contributed by atoms with Crippen molar-refractivity contribution in [3.63, 3.8) is 0 Å². The zero-order chi connectivity index (χ0) is 34.1. The first-order chi connectivity index (χ1) is 21.9. The van der Waals surface area contributed by atoms with Crippen LogP contribution in [0.5, 0.6) is 0 Å². The Morgan fingerprint density at radius 3 is 1.35 bits per heavy atom. The Morgan fingerprint density at radius 2 is 1.00 bits per heavy atom. The number of carbonyl (C=O) groups excluding carboxylic acids is 3. The van der Waals surface area contributed by atoms with Crippen LogP contribution in [0.15, 0.2) is 0 Å². The van der Waals surface area contributed by atoms with Crippen LogP contribution in [0.4, 0.5) is 0 Å². The SMILES string of the molecule is CC(C)(C)CCNC(=O)CCOCCOCCOCCOCCOCCOCCOCCOCCN1C(=O)CC(C(C)(C)C)C1=O. The Kier molecular flexibility index (Phi) is 23.3. The Labute approximate surface area is 276 Å².